The van der Waals surface area contributed by atoms with Gasteiger partial charge in [0.1, 0.15) is 5.82 Å². The Morgan fingerprint density at radius 3 is 2.48 bits per heavy atom. The fourth-order valence-electron chi connectivity index (χ4n) is 2.53. The van der Waals surface area contributed by atoms with Crippen LogP contribution >= 0.6 is 0 Å². The van der Waals surface area contributed by atoms with Crippen molar-refractivity contribution in [1.82, 2.24) is 4.57 Å². The number of halogens is 1. The number of aromatic nitrogens is 1. The summed E-state index contributed by atoms with van der Waals surface area (Å²) in [6, 6.07) is 12.7. The fourth-order valence-corrected chi connectivity index (χ4v) is 2.53. The summed E-state index contributed by atoms with van der Waals surface area (Å²) in [5.74, 6) is -1.00. The van der Waals surface area contributed by atoms with Gasteiger partial charge in [0.05, 0.1) is 19.2 Å². The molecule has 0 amide bonds. The van der Waals surface area contributed by atoms with Crippen LogP contribution in [-0.2, 0) is 11.3 Å². The Morgan fingerprint density at radius 2 is 1.78 bits per heavy atom. The average Bonchev–Trinajstić information content (AvgIpc) is 2.93. The van der Waals surface area contributed by atoms with E-state index in [-0.39, 0.29) is 18.1 Å². The van der Waals surface area contributed by atoms with E-state index in [0.29, 0.717) is 11.1 Å². The second-order valence-electron chi connectivity index (χ2n) is 5.11. The molecule has 4 nitrogen and oxygen atoms in total. The van der Waals surface area contributed by atoms with E-state index in [1.54, 1.807) is 16.8 Å². The number of hydrogen-bond acceptors (Lipinski definition) is 3. The van der Waals surface area contributed by atoms with Gasteiger partial charge >= 0.3 is 5.97 Å². The van der Waals surface area contributed by atoms with E-state index < -0.39 is 5.97 Å². The maximum atomic E-state index is 12.9. The van der Waals surface area contributed by atoms with Crippen LogP contribution < -0.4 is 0 Å². The largest absolute Gasteiger partial charge is 0.465 e. The lowest BCUT2D eigenvalue weighted by atomic mass is 10.1. The number of benzene rings is 2. The predicted molar refractivity (Wildman–Crippen MR) is 84.0 cm³/mol. The Hall–Kier alpha value is -2.95. The molecule has 0 aliphatic heterocycles. The van der Waals surface area contributed by atoms with Crippen molar-refractivity contribution in [3.8, 4) is 0 Å². The quantitative estimate of drug-likeness (QED) is 0.548. The number of nitrogens with zero attached hydrogens (tertiary/aromatic N) is 1. The molecule has 2 aromatic carbocycles. The summed E-state index contributed by atoms with van der Waals surface area (Å²) in [5.41, 5.74) is 1.60. The molecular weight excluding hydrogens is 297 g/mol. The maximum Gasteiger partial charge on any atom is 0.340 e. The molecule has 0 saturated carbocycles. The second-order valence-corrected chi connectivity index (χ2v) is 5.11. The zero-order valence-electron chi connectivity index (χ0n) is 12.5. The number of fused-ring (bicyclic) bond motifs is 1. The first-order valence-electron chi connectivity index (χ1n) is 7.05. The van der Waals surface area contributed by atoms with E-state index in [1.165, 1.54) is 31.4 Å². The van der Waals surface area contributed by atoms with Gasteiger partial charge in [-0.25, -0.2) is 9.18 Å². The van der Waals surface area contributed by atoms with Gasteiger partial charge < -0.3 is 9.30 Å². The minimum atomic E-state index is -0.450. The summed E-state index contributed by atoms with van der Waals surface area (Å²) in [7, 11) is 1.32. The zero-order chi connectivity index (χ0) is 16.4. The third-order valence-corrected chi connectivity index (χ3v) is 3.67. The lowest BCUT2D eigenvalue weighted by Gasteiger charge is -2.04. The van der Waals surface area contributed by atoms with Crippen LogP contribution in [0, 0.1) is 5.82 Å². The Bertz CT molecular complexity index is 881. The van der Waals surface area contributed by atoms with Crippen molar-refractivity contribution < 1.29 is 18.7 Å². The topological polar surface area (TPSA) is 48.3 Å². The number of esters is 1. The molecule has 0 spiro atoms. The standard InChI is InChI=1S/C18H14FNO3/c1-23-18(22)15-10-20(16-5-3-2-4-14(15)16)11-17(21)12-6-8-13(19)9-7-12/h2-10H,11H2,1H3. The minimum absolute atomic E-state index is 0.0587. The Balaban J connectivity index is 1.98. The summed E-state index contributed by atoms with van der Waals surface area (Å²) < 4.78 is 19.4. The van der Waals surface area contributed by atoms with Crippen LogP contribution in [-0.4, -0.2) is 23.4 Å². The first-order chi connectivity index (χ1) is 11.1. The highest BCUT2D eigenvalue weighted by Gasteiger charge is 2.17. The SMILES string of the molecule is COC(=O)c1cn(CC(=O)c2ccc(F)cc2)c2ccccc12. The van der Waals surface area contributed by atoms with Crippen molar-refractivity contribution in [2.24, 2.45) is 0 Å². The van der Waals surface area contributed by atoms with E-state index in [0.717, 1.165) is 10.9 Å². The van der Waals surface area contributed by atoms with Crippen molar-refractivity contribution in [2.45, 2.75) is 6.54 Å². The van der Waals surface area contributed by atoms with Crippen LogP contribution in [0.25, 0.3) is 10.9 Å². The molecule has 5 heteroatoms. The predicted octanol–water partition coefficient (Wildman–Crippen LogP) is 3.45. The summed E-state index contributed by atoms with van der Waals surface area (Å²) >= 11 is 0. The van der Waals surface area contributed by atoms with E-state index in [1.807, 2.05) is 18.2 Å². The number of carbonyl (C=O) groups excluding carboxylic acids is 2. The highest BCUT2D eigenvalue weighted by Crippen LogP contribution is 2.22. The van der Waals surface area contributed by atoms with Crippen LogP contribution in [0.4, 0.5) is 4.39 Å². The molecule has 0 atom stereocenters. The summed E-state index contributed by atoms with van der Waals surface area (Å²) in [5, 5.41) is 0.728. The van der Waals surface area contributed by atoms with E-state index in [9.17, 15) is 14.0 Å². The first kappa shape index (κ1) is 15.0. The summed E-state index contributed by atoms with van der Waals surface area (Å²) in [4.78, 5) is 24.2. The van der Waals surface area contributed by atoms with Gasteiger partial charge in [0.2, 0.25) is 0 Å². The number of ether oxygens (including phenoxy) is 1. The molecule has 3 rings (SSSR count). The molecular formula is C18H14FNO3. The Kier molecular flexibility index (Phi) is 3.93. The number of para-hydroxylation sites is 1. The third kappa shape index (κ3) is 2.85. The average molecular weight is 311 g/mol. The van der Waals surface area contributed by atoms with Gasteiger partial charge in [-0.05, 0) is 30.3 Å². The molecule has 0 bridgehead atoms. The van der Waals surface area contributed by atoms with Crippen LogP contribution in [0.5, 0.6) is 0 Å². The third-order valence-electron chi connectivity index (χ3n) is 3.67. The molecule has 0 N–H and O–H groups in total. The Morgan fingerprint density at radius 1 is 1.09 bits per heavy atom. The minimum Gasteiger partial charge on any atom is -0.465 e. The van der Waals surface area contributed by atoms with Crippen LogP contribution in [0.3, 0.4) is 0 Å². The van der Waals surface area contributed by atoms with Gasteiger partial charge in [0, 0.05) is 22.7 Å². The second kappa shape index (κ2) is 6.04. The van der Waals surface area contributed by atoms with Crippen molar-refractivity contribution >= 4 is 22.7 Å². The zero-order valence-corrected chi connectivity index (χ0v) is 12.5. The molecule has 0 unspecified atom stereocenters. The fraction of sp³-hybridized carbons (Fsp3) is 0.111. The van der Waals surface area contributed by atoms with Crippen molar-refractivity contribution in [2.75, 3.05) is 7.11 Å². The Labute approximate surface area is 132 Å². The molecule has 116 valence electrons. The van der Waals surface area contributed by atoms with Gasteiger partial charge in [-0.3, -0.25) is 4.79 Å². The molecule has 0 aliphatic carbocycles. The van der Waals surface area contributed by atoms with Gasteiger partial charge in [0.15, 0.2) is 5.78 Å². The maximum absolute atomic E-state index is 12.9. The number of methoxy groups -OCH3 is 1. The molecule has 0 aliphatic rings. The molecule has 1 heterocycles. The number of hydrogen-bond donors (Lipinski definition) is 0. The van der Waals surface area contributed by atoms with Crippen LogP contribution in [0.1, 0.15) is 20.7 Å². The number of rotatable bonds is 4. The molecule has 0 radical (unpaired) electrons. The summed E-state index contributed by atoms with van der Waals surface area (Å²) in [6.07, 6.45) is 1.61. The highest BCUT2D eigenvalue weighted by atomic mass is 19.1. The monoisotopic (exact) mass is 311 g/mol. The lowest BCUT2D eigenvalue weighted by molar-refractivity contribution is 0.0602. The normalized spacial score (nSPS) is 10.7. The van der Waals surface area contributed by atoms with Gasteiger partial charge in [-0.15, -0.1) is 0 Å². The number of Topliss-reactive ketones (excluding diaryl/α,β-unsaturated/α-hetero) is 1. The van der Waals surface area contributed by atoms with E-state index in [2.05, 4.69) is 0 Å². The number of carbonyl (C=O) groups is 2. The molecule has 0 saturated heterocycles. The van der Waals surface area contributed by atoms with Gasteiger partial charge in [0.25, 0.3) is 0 Å². The first-order valence-corrected chi connectivity index (χ1v) is 7.05. The van der Waals surface area contributed by atoms with Gasteiger partial charge in [-0.2, -0.15) is 0 Å². The lowest BCUT2D eigenvalue weighted by Crippen LogP contribution is -2.09. The molecule has 23 heavy (non-hydrogen) atoms. The van der Waals surface area contributed by atoms with E-state index >= 15 is 0 Å². The molecule has 3 aromatic rings. The van der Waals surface area contributed by atoms with Crippen molar-refractivity contribution in [3.05, 3.63) is 71.7 Å². The van der Waals surface area contributed by atoms with Crippen LogP contribution in [0.2, 0.25) is 0 Å². The molecule has 1 aromatic heterocycles. The van der Waals surface area contributed by atoms with Crippen molar-refractivity contribution in [3.63, 3.8) is 0 Å². The number of ketones is 1. The molecule has 0 fully saturated rings. The smallest absolute Gasteiger partial charge is 0.340 e. The van der Waals surface area contributed by atoms with Crippen molar-refractivity contribution in [1.29, 1.82) is 0 Å². The van der Waals surface area contributed by atoms with E-state index in [4.69, 9.17) is 4.74 Å². The van der Waals surface area contributed by atoms with Gasteiger partial charge in [-0.1, -0.05) is 18.2 Å². The highest BCUT2D eigenvalue weighted by molar-refractivity contribution is 6.05. The summed E-state index contributed by atoms with van der Waals surface area (Å²) in [6.45, 7) is 0.0587. The van der Waals surface area contributed by atoms with Crippen LogP contribution in [0.15, 0.2) is 54.7 Å².